The summed E-state index contributed by atoms with van der Waals surface area (Å²) in [6.45, 7) is 1.12. The zero-order valence-corrected chi connectivity index (χ0v) is 10.5. The number of nitrogens with zero attached hydrogens (tertiary/aromatic N) is 1. The second-order valence-corrected chi connectivity index (χ2v) is 4.57. The summed E-state index contributed by atoms with van der Waals surface area (Å²) in [7, 11) is 0. The molecule has 19 heavy (non-hydrogen) atoms. The average Bonchev–Trinajstić information content (AvgIpc) is 3.01. The van der Waals surface area contributed by atoms with E-state index in [1.54, 1.807) is 12.1 Å². The van der Waals surface area contributed by atoms with Crippen molar-refractivity contribution in [3.05, 3.63) is 29.5 Å². The highest BCUT2D eigenvalue weighted by molar-refractivity contribution is 6.28. The van der Waals surface area contributed by atoms with Crippen LogP contribution in [0.5, 0.6) is 11.5 Å². The van der Waals surface area contributed by atoms with Crippen LogP contribution in [0.4, 0.5) is 0 Å². The second kappa shape index (κ2) is 3.93. The SMILES string of the molecule is Clc1ccc(-c2nc3cc4c(cc3[nH]2)OCCO4)o1. The fourth-order valence-electron chi connectivity index (χ4n) is 2.10. The van der Waals surface area contributed by atoms with Gasteiger partial charge in [-0.3, -0.25) is 0 Å². The molecule has 1 aliphatic rings. The van der Waals surface area contributed by atoms with E-state index in [9.17, 15) is 0 Å². The van der Waals surface area contributed by atoms with Crippen molar-refractivity contribution in [2.75, 3.05) is 13.2 Å². The number of imidazole rings is 1. The van der Waals surface area contributed by atoms with Crippen molar-refractivity contribution in [2.45, 2.75) is 0 Å². The monoisotopic (exact) mass is 276 g/mol. The number of H-pyrrole nitrogens is 1. The number of nitrogens with one attached hydrogen (secondary N) is 1. The van der Waals surface area contributed by atoms with E-state index in [4.69, 9.17) is 25.5 Å². The lowest BCUT2D eigenvalue weighted by Crippen LogP contribution is -2.15. The third kappa shape index (κ3) is 1.74. The third-order valence-corrected chi connectivity index (χ3v) is 3.16. The molecule has 0 unspecified atom stereocenters. The highest BCUT2D eigenvalue weighted by Crippen LogP contribution is 2.35. The van der Waals surface area contributed by atoms with Crippen LogP contribution in [-0.4, -0.2) is 23.2 Å². The number of aromatic nitrogens is 2. The van der Waals surface area contributed by atoms with E-state index < -0.39 is 0 Å². The molecule has 0 saturated carbocycles. The first-order valence-corrected chi connectivity index (χ1v) is 6.22. The number of hydrogen-bond acceptors (Lipinski definition) is 4. The maximum absolute atomic E-state index is 5.76. The molecular weight excluding hydrogens is 268 g/mol. The third-order valence-electron chi connectivity index (χ3n) is 2.95. The summed E-state index contributed by atoms with van der Waals surface area (Å²) in [6.07, 6.45) is 0. The van der Waals surface area contributed by atoms with E-state index in [0.717, 1.165) is 16.8 Å². The zero-order valence-electron chi connectivity index (χ0n) is 9.77. The maximum atomic E-state index is 5.76. The molecule has 0 bridgehead atoms. The first kappa shape index (κ1) is 10.8. The highest BCUT2D eigenvalue weighted by atomic mass is 35.5. The van der Waals surface area contributed by atoms with Gasteiger partial charge in [0.15, 0.2) is 28.3 Å². The molecule has 3 aromatic rings. The Labute approximate surface area is 113 Å². The van der Waals surface area contributed by atoms with Crippen LogP contribution in [0.1, 0.15) is 0 Å². The van der Waals surface area contributed by atoms with Gasteiger partial charge in [0.25, 0.3) is 0 Å². The number of hydrogen-bond donors (Lipinski definition) is 1. The molecule has 3 heterocycles. The predicted octanol–water partition coefficient (Wildman–Crippen LogP) is 3.25. The van der Waals surface area contributed by atoms with Gasteiger partial charge in [-0.1, -0.05) is 0 Å². The normalized spacial score (nSPS) is 13.9. The number of halogens is 1. The molecule has 1 aliphatic heterocycles. The van der Waals surface area contributed by atoms with E-state index in [-0.39, 0.29) is 0 Å². The quantitative estimate of drug-likeness (QED) is 0.741. The van der Waals surface area contributed by atoms with Crippen LogP contribution in [0.2, 0.25) is 5.22 Å². The van der Waals surface area contributed by atoms with Gasteiger partial charge < -0.3 is 18.9 Å². The summed E-state index contributed by atoms with van der Waals surface area (Å²) >= 11 is 5.76. The molecule has 6 heteroatoms. The van der Waals surface area contributed by atoms with Crippen LogP contribution < -0.4 is 9.47 Å². The molecule has 0 atom stereocenters. The molecule has 1 N–H and O–H groups in total. The molecule has 0 spiro atoms. The van der Waals surface area contributed by atoms with Crippen LogP contribution in [-0.2, 0) is 0 Å². The second-order valence-electron chi connectivity index (χ2n) is 4.20. The van der Waals surface area contributed by atoms with Crippen molar-refractivity contribution in [1.29, 1.82) is 0 Å². The minimum atomic E-state index is 0.335. The first-order chi connectivity index (χ1) is 9.29. The Morgan fingerprint density at radius 1 is 1.11 bits per heavy atom. The lowest BCUT2D eigenvalue weighted by atomic mass is 10.2. The molecule has 0 amide bonds. The zero-order chi connectivity index (χ0) is 12.8. The van der Waals surface area contributed by atoms with Crippen LogP contribution in [0.3, 0.4) is 0 Å². The number of benzene rings is 1. The van der Waals surface area contributed by atoms with Gasteiger partial charge in [0.1, 0.15) is 13.2 Å². The Balaban J connectivity index is 1.87. The maximum Gasteiger partial charge on any atom is 0.194 e. The number of fused-ring (bicyclic) bond motifs is 2. The molecule has 2 aromatic heterocycles. The van der Waals surface area contributed by atoms with Gasteiger partial charge in [0.2, 0.25) is 0 Å². The Bertz CT molecular complexity index is 719. The Kier molecular flexibility index (Phi) is 2.22. The van der Waals surface area contributed by atoms with E-state index >= 15 is 0 Å². The smallest absolute Gasteiger partial charge is 0.194 e. The highest BCUT2D eigenvalue weighted by Gasteiger charge is 2.16. The summed E-state index contributed by atoms with van der Waals surface area (Å²) in [5.74, 6) is 2.67. The van der Waals surface area contributed by atoms with Gasteiger partial charge in [0.05, 0.1) is 11.0 Å². The van der Waals surface area contributed by atoms with Gasteiger partial charge in [-0.15, -0.1) is 0 Å². The molecular formula is C13H9ClN2O3. The summed E-state index contributed by atoms with van der Waals surface area (Å²) in [6, 6.07) is 7.19. The van der Waals surface area contributed by atoms with Crippen molar-refractivity contribution < 1.29 is 13.9 Å². The molecule has 0 saturated heterocycles. The number of aromatic amines is 1. The molecule has 4 rings (SSSR count). The number of ether oxygens (including phenoxy) is 2. The van der Waals surface area contributed by atoms with Crippen molar-refractivity contribution in [3.63, 3.8) is 0 Å². The minimum absolute atomic E-state index is 0.335. The van der Waals surface area contributed by atoms with Crippen LogP contribution >= 0.6 is 11.6 Å². The first-order valence-electron chi connectivity index (χ1n) is 5.85. The topological polar surface area (TPSA) is 60.3 Å². The lowest BCUT2D eigenvalue weighted by molar-refractivity contribution is 0.172. The molecule has 1 aromatic carbocycles. The van der Waals surface area contributed by atoms with E-state index in [1.807, 2.05) is 12.1 Å². The van der Waals surface area contributed by atoms with E-state index in [2.05, 4.69) is 9.97 Å². The standard InChI is InChI=1S/C13H9ClN2O3/c14-12-2-1-9(19-12)13-15-7-5-10-11(6-8(7)16-13)18-4-3-17-10/h1-2,5-6H,3-4H2,(H,15,16). The number of rotatable bonds is 1. The number of furan rings is 1. The molecule has 96 valence electrons. The average molecular weight is 277 g/mol. The van der Waals surface area contributed by atoms with Crippen LogP contribution in [0, 0.1) is 0 Å². The van der Waals surface area contributed by atoms with Crippen molar-refractivity contribution in [1.82, 2.24) is 9.97 Å². The largest absolute Gasteiger partial charge is 0.486 e. The van der Waals surface area contributed by atoms with Crippen molar-refractivity contribution >= 4 is 22.6 Å². The Hall–Kier alpha value is -2.14. The van der Waals surface area contributed by atoms with Crippen LogP contribution in [0.25, 0.3) is 22.6 Å². The van der Waals surface area contributed by atoms with E-state index in [1.165, 1.54) is 0 Å². The molecule has 0 fully saturated rings. The molecule has 0 aliphatic carbocycles. The molecule has 5 nitrogen and oxygen atoms in total. The van der Waals surface area contributed by atoms with Gasteiger partial charge in [-0.25, -0.2) is 4.98 Å². The van der Waals surface area contributed by atoms with Gasteiger partial charge in [0, 0.05) is 12.1 Å². The summed E-state index contributed by atoms with van der Waals surface area (Å²) in [5.41, 5.74) is 1.67. The lowest BCUT2D eigenvalue weighted by Gasteiger charge is -2.17. The van der Waals surface area contributed by atoms with Crippen LogP contribution in [0.15, 0.2) is 28.7 Å². The summed E-state index contributed by atoms with van der Waals surface area (Å²) in [4.78, 5) is 7.64. The predicted molar refractivity (Wildman–Crippen MR) is 69.8 cm³/mol. The Morgan fingerprint density at radius 2 is 1.89 bits per heavy atom. The minimum Gasteiger partial charge on any atom is -0.486 e. The fraction of sp³-hybridized carbons (Fsp3) is 0.154. The summed E-state index contributed by atoms with van der Waals surface area (Å²) in [5, 5.41) is 0.335. The Morgan fingerprint density at radius 3 is 2.63 bits per heavy atom. The summed E-state index contributed by atoms with van der Waals surface area (Å²) < 4.78 is 16.4. The van der Waals surface area contributed by atoms with Gasteiger partial charge >= 0.3 is 0 Å². The fourth-order valence-corrected chi connectivity index (χ4v) is 2.25. The van der Waals surface area contributed by atoms with E-state index in [0.29, 0.717) is 35.8 Å². The van der Waals surface area contributed by atoms with Gasteiger partial charge in [-0.2, -0.15) is 0 Å². The van der Waals surface area contributed by atoms with Gasteiger partial charge in [-0.05, 0) is 23.7 Å². The molecule has 0 radical (unpaired) electrons. The van der Waals surface area contributed by atoms with Crippen molar-refractivity contribution in [2.24, 2.45) is 0 Å². The van der Waals surface area contributed by atoms with Crippen molar-refractivity contribution in [3.8, 4) is 23.1 Å².